The monoisotopic (exact) mass is 381 g/mol. The molecule has 1 atom stereocenters. The van der Waals surface area contributed by atoms with Gasteiger partial charge in [-0.1, -0.05) is 18.2 Å². The van der Waals surface area contributed by atoms with Gasteiger partial charge in [0.25, 0.3) is 0 Å². The summed E-state index contributed by atoms with van der Waals surface area (Å²) in [6, 6.07) is 8.90. The third-order valence-electron chi connectivity index (χ3n) is 7.43. The summed E-state index contributed by atoms with van der Waals surface area (Å²) in [6.07, 6.45) is 9.67. The second kappa shape index (κ2) is 7.20. The highest BCUT2D eigenvalue weighted by Gasteiger charge is 2.46. The van der Waals surface area contributed by atoms with Gasteiger partial charge in [-0.2, -0.15) is 0 Å². The lowest BCUT2D eigenvalue weighted by Crippen LogP contribution is -2.53. The molecule has 2 saturated carbocycles. The summed E-state index contributed by atoms with van der Waals surface area (Å²) in [6.45, 7) is 2.01. The van der Waals surface area contributed by atoms with Crippen molar-refractivity contribution in [1.29, 1.82) is 0 Å². The number of nitrogens with one attached hydrogen (secondary N) is 1. The van der Waals surface area contributed by atoms with Crippen LogP contribution in [0.5, 0.6) is 0 Å². The Kier molecular flexibility index (Phi) is 4.68. The molecule has 1 aromatic heterocycles. The SMILES string of the molecule is NC1CC2(CCC(C(=O)N3CCOCC3Cc3c[nH]c4ccccc34)CC2)C1. The van der Waals surface area contributed by atoms with Gasteiger partial charge in [0.05, 0.1) is 19.3 Å². The normalized spacial score (nSPS) is 33.2. The van der Waals surface area contributed by atoms with Crippen molar-refractivity contribution in [2.24, 2.45) is 17.1 Å². The topological polar surface area (TPSA) is 71.3 Å². The molecule has 1 unspecified atom stereocenters. The molecule has 2 heterocycles. The summed E-state index contributed by atoms with van der Waals surface area (Å²) in [7, 11) is 0. The molecule has 3 aliphatic rings. The number of aromatic amines is 1. The predicted molar refractivity (Wildman–Crippen MR) is 110 cm³/mol. The number of carbonyl (C=O) groups is 1. The van der Waals surface area contributed by atoms with E-state index in [2.05, 4.69) is 34.3 Å². The zero-order valence-electron chi connectivity index (χ0n) is 16.5. The number of hydrogen-bond donors (Lipinski definition) is 2. The lowest BCUT2D eigenvalue weighted by molar-refractivity contribution is -0.146. The van der Waals surface area contributed by atoms with E-state index in [0.717, 1.165) is 44.2 Å². The van der Waals surface area contributed by atoms with E-state index >= 15 is 0 Å². The maximum atomic E-state index is 13.4. The number of H-pyrrole nitrogens is 1. The van der Waals surface area contributed by atoms with Gasteiger partial charge < -0.3 is 20.4 Å². The van der Waals surface area contributed by atoms with E-state index in [9.17, 15) is 4.79 Å². The molecule has 1 aromatic carbocycles. The number of nitrogens with two attached hydrogens (primary N) is 1. The van der Waals surface area contributed by atoms with Crippen molar-refractivity contribution in [3.8, 4) is 0 Å². The maximum Gasteiger partial charge on any atom is 0.226 e. The first-order valence-corrected chi connectivity index (χ1v) is 10.8. The smallest absolute Gasteiger partial charge is 0.226 e. The van der Waals surface area contributed by atoms with Crippen LogP contribution in [0.15, 0.2) is 30.5 Å². The number of amides is 1. The van der Waals surface area contributed by atoms with Crippen LogP contribution in [0, 0.1) is 11.3 Å². The Labute approximate surface area is 166 Å². The Morgan fingerprint density at radius 2 is 2.04 bits per heavy atom. The Morgan fingerprint density at radius 1 is 1.25 bits per heavy atom. The third kappa shape index (κ3) is 3.25. The Morgan fingerprint density at radius 3 is 2.82 bits per heavy atom. The number of hydrogen-bond acceptors (Lipinski definition) is 3. The average molecular weight is 382 g/mol. The van der Waals surface area contributed by atoms with Gasteiger partial charge >= 0.3 is 0 Å². The number of ether oxygens (including phenoxy) is 1. The number of benzene rings is 1. The fourth-order valence-electron chi connectivity index (χ4n) is 5.84. The molecular formula is C23H31N3O2. The standard InChI is InChI=1S/C23H31N3O2/c24-18-12-23(13-18)7-5-16(6-8-23)22(27)26-9-10-28-15-19(26)11-17-14-25-21-4-2-1-3-20(17)21/h1-4,14,16,18-19,25H,5-13,15,24H2. The molecule has 0 radical (unpaired) electrons. The van der Waals surface area contributed by atoms with Crippen LogP contribution in [0.3, 0.4) is 0 Å². The molecule has 28 heavy (non-hydrogen) atoms. The fourth-order valence-corrected chi connectivity index (χ4v) is 5.84. The molecule has 1 spiro atoms. The Balaban J connectivity index is 1.27. The minimum absolute atomic E-state index is 0.133. The van der Waals surface area contributed by atoms with Crippen LogP contribution in [0.4, 0.5) is 0 Å². The Bertz CT molecular complexity index is 844. The highest BCUT2D eigenvalue weighted by molar-refractivity contribution is 5.83. The first-order chi connectivity index (χ1) is 13.6. The zero-order valence-corrected chi connectivity index (χ0v) is 16.5. The van der Waals surface area contributed by atoms with Crippen molar-refractivity contribution < 1.29 is 9.53 Å². The van der Waals surface area contributed by atoms with Crippen LogP contribution in [-0.2, 0) is 16.0 Å². The first kappa shape index (κ1) is 18.2. The second-order valence-electron chi connectivity index (χ2n) is 9.27. The number of fused-ring (bicyclic) bond motifs is 1. The van der Waals surface area contributed by atoms with Crippen molar-refractivity contribution in [2.45, 2.75) is 57.0 Å². The molecule has 3 fully saturated rings. The van der Waals surface area contributed by atoms with Gasteiger partial charge in [0.1, 0.15) is 0 Å². The number of rotatable bonds is 3. The molecule has 150 valence electrons. The van der Waals surface area contributed by atoms with Crippen molar-refractivity contribution in [2.75, 3.05) is 19.8 Å². The van der Waals surface area contributed by atoms with Gasteiger partial charge in [-0.25, -0.2) is 0 Å². The molecule has 2 aliphatic carbocycles. The number of para-hydroxylation sites is 1. The minimum Gasteiger partial charge on any atom is -0.377 e. The molecule has 1 amide bonds. The largest absolute Gasteiger partial charge is 0.377 e. The summed E-state index contributed by atoms with van der Waals surface area (Å²) in [5, 5.41) is 1.25. The highest BCUT2D eigenvalue weighted by Crippen LogP contribution is 2.52. The lowest BCUT2D eigenvalue weighted by Gasteiger charge is -2.51. The molecule has 5 heteroatoms. The fraction of sp³-hybridized carbons (Fsp3) is 0.609. The predicted octanol–water partition coefficient (Wildman–Crippen LogP) is 3.24. The number of morpholine rings is 1. The zero-order chi connectivity index (χ0) is 19.1. The molecule has 0 bridgehead atoms. The third-order valence-corrected chi connectivity index (χ3v) is 7.43. The van der Waals surface area contributed by atoms with Crippen LogP contribution in [-0.4, -0.2) is 47.6 Å². The highest BCUT2D eigenvalue weighted by atomic mass is 16.5. The second-order valence-corrected chi connectivity index (χ2v) is 9.27. The van der Waals surface area contributed by atoms with E-state index < -0.39 is 0 Å². The number of nitrogens with zero attached hydrogens (tertiary/aromatic N) is 1. The van der Waals surface area contributed by atoms with Gasteiger partial charge in [0.2, 0.25) is 5.91 Å². The van der Waals surface area contributed by atoms with Gasteiger partial charge in [-0.3, -0.25) is 4.79 Å². The first-order valence-electron chi connectivity index (χ1n) is 10.8. The molecular weight excluding hydrogens is 350 g/mol. The van der Waals surface area contributed by atoms with Gasteiger partial charge in [0.15, 0.2) is 0 Å². The molecule has 5 nitrogen and oxygen atoms in total. The Hall–Kier alpha value is -1.85. The van der Waals surface area contributed by atoms with Crippen LogP contribution in [0.2, 0.25) is 0 Å². The number of carbonyl (C=O) groups excluding carboxylic acids is 1. The van der Waals surface area contributed by atoms with Gasteiger partial charge in [0, 0.05) is 35.6 Å². The van der Waals surface area contributed by atoms with Crippen molar-refractivity contribution in [3.63, 3.8) is 0 Å². The van der Waals surface area contributed by atoms with Crippen LogP contribution >= 0.6 is 0 Å². The summed E-state index contributed by atoms with van der Waals surface area (Å²) >= 11 is 0. The quantitative estimate of drug-likeness (QED) is 0.857. The van der Waals surface area contributed by atoms with E-state index in [4.69, 9.17) is 10.5 Å². The molecule has 1 aliphatic heterocycles. The van der Waals surface area contributed by atoms with Gasteiger partial charge in [-0.05, 0) is 62.0 Å². The number of aromatic nitrogens is 1. The van der Waals surface area contributed by atoms with Crippen molar-refractivity contribution in [1.82, 2.24) is 9.88 Å². The summed E-state index contributed by atoms with van der Waals surface area (Å²) in [5.74, 6) is 0.539. The lowest BCUT2D eigenvalue weighted by atomic mass is 9.57. The van der Waals surface area contributed by atoms with Crippen molar-refractivity contribution >= 4 is 16.8 Å². The van der Waals surface area contributed by atoms with E-state index in [-0.39, 0.29) is 12.0 Å². The van der Waals surface area contributed by atoms with E-state index in [0.29, 0.717) is 30.6 Å². The van der Waals surface area contributed by atoms with Crippen LogP contribution in [0.1, 0.15) is 44.1 Å². The molecule has 5 rings (SSSR count). The maximum absolute atomic E-state index is 13.4. The summed E-state index contributed by atoms with van der Waals surface area (Å²) in [4.78, 5) is 18.9. The summed E-state index contributed by atoms with van der Waals surface area (Å²) in [5.41, 5.74) is 8.92. The molecule has 3 N–H and O–H groups in total. The van der Waals surface area contributed by atoms with E-state index in [1.807, 2.05) is 6.07 Å². The van der Waals surface area contributed by atoms with E-state index in [1.165, 1.54) is 23.8 Å². The molecule has 1 saturated heterocycles. The van der Waals surface area contributed by atoms with Crippen molar-refractivity contribution in [3.05, 3.63) is 36.0 Å². The summed E-state index contributed by atoms with van der Waals surface area (Å²) < 4.78 is 5.76. The van der Waals surface area contributed by atoms with Crippen LogP contribution in [0.25, 0.3) is 10.9 Å². The molecule has 2 aromatic rings. The van der Waals surface area contributed by atoms with E-state index in [1.54, 1.807) is 0 Å². The minimum atomic E-state index is 0.133. The average Bonchev–Trinajstić information content (AvgIpc) is 3.11. The van der Waals surface area contributed by atoms with Gasteiger partial charge in [-0.15, -0.1) is 0 Å². The van der Waals surface area contributed by atoms with Crippen LogP contribution < -0.4 is 5.73 Å².